The zero-order valence-corrected chi connectivity index (χ0v) is 13.3. The number of benzene rings is 1. The van der Waals surface area contributed by atoms with Gasteiger partial charge in [0.1, 0.15) is 4.90 Å². The number of sulfonamides is 1. The van der Waals surface area contributed by atoms with Crippen molar-refractivity contribution in [2.24, 2.45) is 11.8 Å². The van der Waals surface area contributed by atoms with Gasteiger partial charge in [-0.1, -0.05) is 24.6 Å². The molecule has 19 heavy (non-hydrogen) atoms. The van der Waals surface area contributed by atoms with E-state index in [0.717, 1.165) is 12.0 Å². The minimum atomic E-state index is -3.54. The van der Waals surface area contributed by atoms with Crippen molar-refractivity contribution in [1.29, 1.82) is 0 Å². The second kappa shape index (κ2) is 5.60. The topological polar surface area (TPSA) is 37.4 Å². The summed E-state index contributed by atoms with van der Waals surface area (Å²) in [5.41, 5.74) is 0.748. The molecule has 0 saturated heterocycles. The van der Waals surface area contributed by atoms with E-state index in [-0.39, 0.29) is 15.8 Å². The fourth-order valence-electron chi connectivity index (χ4n) is 2.08. The van der Waals surface area contributed by atoms with Crippen molar-refractivity contribution in [2.45, 2.75) is 24.1 Å². The van der Waals surface area contributed by atoms with Crippen LogP contribution in [-0.2, 0) is 15.9 Å². The number of halogens is 2. The lowest BCUT2D eigenvalue weighted by Crippen LogP contribution is -2.29. The van der Waals surface area contributed by atoms with Crippen LogP contribution in [-0.4, -0.2) is 26.3 Å². The highest BCUT2D eigenvalue weighted by Crippen LogP contribution is 2.39. The summed E-state index contributed by atoms with van der Waals surface area (Å²) in [5, 5.41) is 0.240. The highest BCUT2D eigenvalue weighted by atomic mass is 35.5. The summed E-state index contributed by atoms with van der Waals surface area (Å²) < 4.78 is 26.4. The third kappa shape index (κ3) is 3.24. The van der Waals surface area contributed by atoms with Crippen LogP contribution in [0.25, 0.3) is 0 Å². The second-order valence-corrected chi connectivity index (χ2v) is 7.84. The van der Waals surface area contributed by atoms with Crippen LogP contribution >= 0.6 is 23.2 Å². The molecule has 2 unspecified atom stereocenters. The lowest BCUT2D eigenvalue weighted by atomic mass is 10.2. The van der Waals surface area contributed by atoms with Gasteiger partial charge < -0.3 is 0 Å². The molecular weight excluding hydrogens is 305 g/mol. The highest BCUT2D eigenvalue weighted by Gasteiger charge is 2.36. The van der Waals surface area contributed by atoms with Crippen LogP contribution in [0.5, 0.6) is 0 Å². The Morgan fingerprint density at radius 2 is 2.05 bits per heavy atom. The number of hydrogen-bond donors (Lipinski definition) is 0. The SMILES string of the molecule is CC1CC1CN(C)S(=O)(=O)c1cc(CCl)ccc1Cl. The van der Waals surface area contributed by atoms with Gasteiger partial charge in [-0.3, -0.25) is 0 Å². The van der Waals surface area contributed by atoms with Crippen molar-refractivity contribution in [1.82, 2.24) is 4.31 Å². The van der Waals surface area contributed by atoms with E-state index in [0.29, 0.717) is 18.4 Å². The molecule has 0 bridgehead atoms. The molecule has 0 radical (unpaired) electrons. The van der Waals surface area contributed by atoms with E-state index in [4.69, 9.17) is 23.2 Å². The van der Waals surface area contributed by atoms with Crippen LogP contribution in [0.2, 0.25) is 5.02 Å². The van der Waals surface area contributed by atoms with Gasteiger partial charge >= 0.3 is 0 Å². The average Bonchev–Trinajstić information content (AvgIpc) is 3.05. The normalized spacial score (nSPS) is 22.8. The summed E-state index contributed by atoms with van der Waals surface area (Å²) in [6.45, 7) is 2.68. The van der Waals surface area contributed by atoms with Crippen LogP contribution < -0.4 is 0 Å². The Labute approximate surface area is 124 Å². The van der Waals surface area contributed by atoms with Crippen LogP contribution in [0.3, 0.4) is 0 Å². The summed E-state index contributed by atoms with van der Waals surface area (Å²) in [6.07, 6.45) is 1.09. The number of alkyl halides is 1. The van der Waals surface area contributed by atoms with Crippen molar-refractivity contribution in [3.63, 3.8) is 0 Å². The molecule has 1 aliphatic rings. The molecule has 6 heteroatoms. The van der Waals surface area contributed by atoms with E-state index in [1.54, 1.807) is 25.2 Å². The van der Waals surface area contributed by atoms with Crippen molar-refractivity contribution in [3.8, 4) is 0 Å². The third-order valence-electron chi connectivity index (χ3n) is 3.61. The molecule has 3 nitrogen and oxygen atoms in total. The Morgan fingerprint density at radius 3 is 2.58 bits per heavy atom. The standard InChI is InChI=1S/C13H17Cl2NO2S/c1-9-5-11(9)8-16(2)19(17,18)13-6-10(7-14)3-4-12(13)15/h3-4,6,9,11H,5,7-8H2,1-2H3. The molecule has 2 rings (SSSR count). The molecule has 0 N–H and O–H groups in total. The molecule has 1 fully saturated rings. The van der Waals surface area contributed by atoms with Crippen molar-refractivity contribution in [3.05, 3.63) is 28.8 Å². The predicted molar refractivity (Wildman–Crippen MR) is 78.1 cm³/mol. The smallest absolute Gasteiger partial charge is 0.207 e. The van der Waals surface area contributed by atoms with E-state index in [1.165, 1.54) is 4.31 Å². The van der Waals surface area contributed by atoms with E-state index >= 15 is 0 Å². The highest BCUT2D eigenvalue weighted by molar-refractivity contribution is 7.89. The first-order chi connectivity index (χ1) is 8.86. The number of rotatable bonds is 5. The molecule has 0 aromatic heterocycles. The fourth-order valence-corrected chi connectivity index (χ4v) is 3.99. The summed E-state index contributed by atoms with van der Waals surface area (Å²) >= 11 is 11.8. The number of nitrogens with zero attached hydrogens (tertiary/aromatic N) is 1. The van der Waals surface area contributed by atoms with Gasteiger partial charge in [0.25, 0.3) is 0 Å². The van der Waals surface area contributed by atoms with Gasteiger partial charge in [0, 0.05) is 19.5 Å². The average molecular weight is 322 g/mol. The van der Waals surface area contributed by atoms with Gasteiger partial charge in [0.05, 0.1) is 5.02 Å². The molecule has 0 heterocycles. The molecular formula is C13H17Cl2NO2S. The fraction of sp³-hybridized carbons (Fsp3) is 0.538. The Hall–Kier alpha value is -0.290. The quantitative estimate of drug-likeness (QED) is 0.780. The Kier molecular flexibility index (Phi) is 4.45. The maximum absolute atomic E-state index is 12.5. The first-order valence-electron chi connectivity index (χ1n) is 6.17. The van der Waals surface area contributed by atoms with Crippen LogP contribution in [0, 0.1) is 11.8 Å². The third-order valence-corrected chi connectivity index (χ3v) is 6.22. The van der Waals surface area contributed by atoms with E-state index in [9.17, 15) is 8.42 Å². The largest absolute Gasteiger partial charge is 0.244 e. The first kappa shape index (κ1) is 15.1. The minimum Gasteiger partial charge on any atom is -0.207 e. The Balaban J connectivity index is 2.27. The summed E-state index contributed by atoms with van der Waals surface area (Å²) in [7, 11) is -1.94. The van der Waals surface area contributed by atoms with Gasteiger partial charge in [-0.25, -0.2) is 12.7 Å². The van der Waals surface area contributed by atoms with Gasteiger partial charge in [-0.15, -0.1) is 11.6 Å². The van der Waals surface area contributed by atoms with Crippen molar-refractivity contribution >= 4 is 33.2 Å². The summed E-state index contributed by atoms with van der Waals surface area (Å²) in [5.74, 6) is 1.35. The zero-order chi connectivity index (χ0) is 14.2. The maximum atomic E-state index is 12.5. The van der Waals surface area contributed by atoms with E-state index < -0.39 is 10.0 Å². The van der Waals surface area contributed by atoms with Crippen LogP contribution in [0.15, 0.2) is 23.1 Å². The Morgan fingerprint density at radius 1 is 1.42 bits per heavy atom. The van der Waals surface area contributed by atoms with Gasteiger partial charge in [0.15, 0.2) is 0 Å². The molecule has 106 valence electrons. The Bertz CT molecular complexity index is 574. The van der Waals surface area contributed by atoms with Gasteiger partial charge in [-0.05, 0) is 36.0 Å². The molecule has 0 spiro atoms. The molecule has 2 atom stereocenters. The summed E-state index contributed by atoms with van der Waals surface area (Å²) in [6, 6.07) is 4.87. The van der Waals surface area contributed by atoms with Crippen LogP contribution in [0.1, 0.15) is 18.9 Å². The van der Waals surface area contributed by atoms with E-state index in [1.807, 2.05) is 0 Å². The zero-order valence-electron chi connectivity index (χ0n) is 10.9. The molecule has 1 aromatic carbocycles. The molecule has 0 amide bonds. The van der Waals surface area contributed by atoms with Gasteiger partial charge in [-0.2, -0.15) is 0 Å². The van der Waals surface area contributed by atoms with Gasteiger partial charge in [0.2, 0.25) is 10.0 Å². The van der Waals surface area contributed by atoms with E-state index in [2.05, 4.69) is 6.92 Å². The van der Waals surface area contributed by atoms with Crippen molar-refractivity contribution < 1.29 is 8.42 Å². The second-order valence-electron chi connectivity index (χ2n) is 5.16. The first-order valence-corrected chi connectivity index (χ1v) is 8.52. The van der Waals surface area contributed by atoms with Crippen LogP contribution in [0.4, 0.5) is 0 Å². The van der Waals surface area contributed by atoms with Crippen molar-refractivity contribution in [2.75, 3.05) is 13.6 Å². The lowest BCUT2D eigenvalue weighted by molar-refractivity contribution is 0.444. The number of hydrogen-bond acceptors (Lipinski definition) is 2. The predicted octanol–water partition coefficient (Wildman–Crippen LogP) is 3.36. The minimum absolute atomic E-state index is 0.142. The molecule has 1 aliphatic carbocycles. The summed E-state index contributed by atoms with van der Waals surface area (Å²) in [4.78, 5) is 0.142. The molecule has 0 aliphatic heterocycles. The lowest BCUT2D eigenvalue weighted by Gasteiger charge is -2.18. The maximum Gasteiger partial charge on any atom is 0.244 e. The monoisotopic (exact) mass is 321 g/mol. The molecule has 1 saturated carbocycles. The molecule has 1 aromatic rings.